The van der Waals surface area contributed by atoms with Gasteiger partial charge in [0.05, 0.1) is 11.7 Å². The van der Waals surface area contributed by atoms with Crippen molar-refractivity contribution >= 4 is 5.91 Å². The van der Waals surface area contributed by atoms with Gasteiger partial charge in [-0.3, -0.25) is 4.79 Å². The normalized spacial score (nSPS) is 20.2. The molecule has 1 fully saturated rings. The summed E-state index contributed by atoms with van der Waals surface area (Å²) in [5, 5.41) is 6.29. The van der Waals surface area contributed by atoms with Crippen LogP contribution in [0.25, 0.3) is 0 Å². The highest BCUT2D eigenvalue weighted by Crippen LogP contribution is 2.34. The van der Waals surface area contributed by atoms with Gasteiger partial charge in [0.2, 0.25) is 0 Å². The van der Waals surface area contributed by atoms with Crippen molar-refractivity contribution in [3.05, 3.63) is 23.8 Å². The van der Waals surface area contributed by atoms with Gasteiger partial charge in [-0.05, 0) is 32.0 Å². The van der Waals surface area contributed by atoms with E-state index in [4.69, 9.17) is 9.47 Å². The first-order chi connectivity index (χ1) is 9.58. The van der Waals surface area contributed by atoms with Crippen LogP contribution in [0.4, 0.5) is 0 Å². The first-order valence-electron chi connectivity index (χ1n) is 7.11. The average molecular weight is 276 g/mol. The lowest BCUT2D eigenvalue weighted by Crippen LogP contribution is -2.60. The van der Waals surface area contributed by atoms with Gasteiger partial charge in [0.15, 0.2) is 5.72 Å². The zero-order valence-electron chi connectivity index (χ0n) is 11.9. The molecule has 2 heterocycles. The topological polar surface area (TPSA) is 59.6 Å². The van der Waals surface area contributed by atoms with Crippen molar-refractivity contribution in [3.8, 4) is 11.5 Å². The van der Waals surface area contributed by atoms with Crippen LogP contribution in [-0.2, 0) is 0 Å². The van der Waals surface area contributed by atoms with Crippen LogP contribution in [0.5, 0.6) is 11.5 Å². The fourth-order valence-corrected chi connectivity index (χ4v) is 2.69. The number of nitrogens with one attached hydrogen (secondary N) is 2. The van der Waals surface area contributed by atoms with Crippen molar-refractivity contribution in [1.82, 2.24) is 10.6 Å². The number of hydrogen-bond acceptors (Lipinski definition) is 4. The number of hydrogen-bond donors (Lipinski definition) is 2. The predicted molar refractivity (Wildman–Crippen MR) is 75.1 cm³/mol. The third-order valence-electron chi connectivity index (χ3n) is 3.63. The Morgan fingerprint density at radius 3 is 2.75 bits per heavy atom. The molecule has 1 aromatic carbocycles. The van der Waals surface area contributed by atoms with Crippen LogP contribution < -0.4 is 20.1 Å². The monoisotopic (exact) mass is 276 g/mol. The molecule has 0 aromatic heterocycles. The van der Waals surface area contributed by atoms with E-state index in [1.807, 2.05) is 26.0 Å². The molecule has 1 spiro atoms. The number of ether oxygens (including phenoxy) is 2. The van der Waals surface area contributed by atoms with Gasteiger partial charge in [-0.25, -0.2) is 0 Å². The third-order valence-corrected chi connectivity index (χ3v) is 3.63. The molecule has 1 aromatic rings. The second kappa shape index (κ2) is 4.98. The number of carbonyl (C=O) groups is 1. The van der Waals surface area contributed by atoms with Crippen molar-refractivity contribution in [2.45, 2.75) is 38.5 Å². The molecule has 3 rings (SSSR count). The second-order valence-corrected chi connectivity index (χ2v) is 5.63. The molecule has 2 aliphatic rings. The van der Waals surface area contributed by atoms with Gasteiger partial charge in [0.25, 0.3) is 5.91 Å². The molecule has 2 aliphatic heterocycles. The number of piperidine rings is 1. The Morgan fingerprint density at radius 2 is 2.05 bits per heavy atom. The molecule has 0 saturated carbocycles. The molecule has 20 heavy (non-hydrogen) atoms. The maximum atomic E-state index is 12.3. The molecule has 2 N–H and O–H groups in total. The summed E-state index contributed by atoms with van der Waals surface area (Å²) in [6, 6.07) is 5.43. The van der Waals surface area contributed by atoms with E-state index in [0.29, 0.717) is 17.1 Å². The van der Waals surface area contributed by atoms with Gasteiger partial charge in [0, 0.05) is 25.9 Å². The summed E-state index contributed by atoms with van der Waals surface area (Å²) < 4.78 is 11.7. The Bertz CT molecular complexity index is 522. The van der Waals surface area contributed by atoms with E-state index in [9.17, 15) is 4.79 Å². The Kier molecular flexibility index (Phi) is 3.30. The lowest BCUT2D eigenvalue weighted by molar-refractivity contribution is -0.00365. The van der Waals surface area contributed by atoms with Crippen molar-refractivity contribution in [2.24, 2.45) is 0 Å². The SMILES string of the molecule is CC(C)Oc1ccc2c(c1)C(=O)NC1(CCNCC1)O2. The highest BCUT2D eigenvalue weighted by atomic mass is 16.5. The highest BCUT2D eigenvalue weighted by Gasteiger charge is 2.40. The first-order valence-corrected chi connectivity index (χ1v) is 7.11. The number of benzene rings is 1. The number of fused-ring (bicyclic) bond motifs is 1. The number of rotatable bonds is 2. The summed E-state index contributed by atoms with van der Waals surface area (Å²) in [7, 11) is 0. The molecule has 0 bridgehead atoms. The first kappa shape index (κ1) is 13.2. The third kappa shape index (κ3) is 2.45. The van der Waals surface area contributed by atoms with Crippen LogP contribution >= 0.6 is 0 Å². The quantitative estimate of drug-likeness (QED) is 0.863. The fourth-order valence-electron chi connectivity index (χ4n) is 2.69. The van der Waals surface area contributed by atoms with E-state index in [1.165, 1.54) is 0 Å². The van der Waals surface area contributed by atoms with Gasteiger partial charge >= 0.3 is 0 Å². The van der Waals surface area contributed by atoms with Crippen molar-refractivity contribution in [1.29, 1.82) is 0 Å². The predicted octanol–water partition coefficient (Wildman–Crippen LogP) is 1.68. The smallest absolute Gasteiger partial charge is 0.258 e. The van der Waals surface area contributed by atoms with Gasteiger partial charge in [-0.15, -0.1) is 0 Å². The molecule has 108 valence electrons. The van der Waals surface area contributed by atoms with Crippen molar-refractivity contribution in [2.75, 3.05) is 13.1 Å². The Hall–Kier alpha value is -1.75. The number of amides is 1. The van der Waals surface area contributed by atoms with Crippen LogP contribution in [0, 0.1) is 0 Å². The zero-order valence-corrected chi connectivity index (χ0v) is 11.9. The summed E-state index contributed by atoms with van der Waals surface area (Å²) >= 11 is 0. The summed E-state index contributed by atoms with van der Waals surface area (Å²) in [6.07, 6.45) is 1.64. The highest BCUT2D eigenvalue weighted by molar-refractivity contribution is 5.98. The van der Waals surface area contributed by atoms with E-state index >= 15 is 0 Å². The summed E-state index contributed by atoms with van der Waals surface area (Å²) in [5.74, 6) is 1.26. The summed E-state index contributed by atoms with van der Waals surface area (Å²) in [6.45, 7) is 5.62. The zero-order chi connectivity index (χ0) is 14.2. The maximum absolute atomic E-state index is 12.3. The average Bonchev–Trinajstić information content (AvgIpc) is 2.40. The minimum Gasteiger partial charge on any atom is -0.491 e. The van der Waals surface area contributed by atoms with Crippen LogP contribution in [0.15, 0.2) is 18.2 Å². The van der Waals surface area contributed by atoms with Crippen molar-refractivity contribution in [3.63, 3.8) is 0 Å². The van der Waals surface area contributed by atoms with E-state index in [-0.39, 0.29) is 12.0 Å². The molecule has 5 heteroatoms. The van der Waals surface area contributed by atoms with E-state index in [2.05, 4.69) is 10.6 Å². The van der Waals surface area contributed by atoms with Gasteiger partial charge in [-0.1, -0.05) is 0 Å². The molecule has 0 unspecified atom stereocenters. The molecular formula is C15H20N2O3. The largest absolute Gasteiger partial charge is 0.491 e. The van der Waals surface area contributed by atoms with Crippen LogP contribution in [0.1, 0.15) is 37.0 Å². The molecule has 5 nitrogen and oxygen atoms in total. The van der Waals surface area contributed by atoms with Gasteiger partial charge in [0.1, 0.15) is 11.5 Å². The van der Waals surface area contributed by atoms with E-state index in [1.54, 1.807) is 6.07 Å². The lowest BCUT2D eigenvalue weighted by atomic mass is 9.98. The Balaban J connectivity index is 1.88. The summed E-state index contributed by atoms with van der Waals surface area (Å²) in [5.41, 5.74) is 0.00256. The Labute approximate surface area is 118 Å². The standard InChI is InChI=1S/C15H20N2O3/c1-10(2)19-11-3-4-13-12(9-11)14(18)17-15(20-13)5-7-16-8-6-15/h3-4,9-10,16H,5-8H2,1-2H3,(H,17,18). The van der Waals surface area contributed by atoms with Crippen LogP contribution in [0.2, 0.25) is 0 Å². The molecule has 1 amide bonds. The molecule has 0 aliphatic carbocycles. The number of carbonyl (C=O) groups excluding carboxylic acids is 1. The second-order valence-electron chi connectivity index (χ2n) is 5.63. The van der Waals surface area contributed by atoms with Crippen molar-refractivity contribution < 1.29 is 14.3 Å². The van der Waals surface area contributed by atoms with E-state index in [0.717, 1.165) is 25.9 Å². The molecule has 0 radical (unpaired) electrons. The molecule has 1 saturated heterocycles. The molecule has 0 atom stereocenters. The van der Waals surface area contributed by atoms with Crippen LogP contribution in [-0.4, -0.2) is 30.8 Å². The maximum Gasteiger partial charge on any atom is 0.258 e. The van der Waals surface area contributed by atoms with Gasteiger partial charge in [-0.2, -0.15) is 0 Å². The van der Waals surface area contributed by atoms with Gasteiger partial charge < -0.3 is 20.1 Å². The fraction of sp³-hybridized carbons (Fsp3) is 0.533. The Morgan fingerprint density at radius 1 is 1.30 bits per heavy atom. The van der Waals surface area contributed by atoms with E-state index < -0.39 is 5.72 Å². The lowest BCUT2D eigenvalue weighted by Gasteiger charge is -2.41. The van der Waals surface area contributed by atoms with Crippen LogP contribution in [0.3, 0.4) is 0 Å². The summed E-state index contributed by atoms with van der Waals surface area (Å²) in [4.78, 5) is 12.3. The molecular weight excluding hydrogens is 256 g/mol. The minimum absolute atomic E-state index is 0.0800. The minimum atomic E-state index is -0.546.